The highest BCUT2D eigenvalue weighted by atomic mass is 32.2. The molecule has 0 spiro atoms. The van der Waals surface area contributed by atoms with E-state index in [1.54, 1.807) is 11.8 Å². The minimum Gasteiger partial charge on any atom is -0.396 e. The van der Waals surface area contributed by atoms with E-state index in [1.165, 1.54) is 11.3 Å². The van der Waals surface area contributed by atoms with Gasteiger partial charge < -0.3 is 15.7 Å². The molecule has 1 atom stereocenters. The molecule has 2 rings (SSSR count). The van der Waals surface area contributed by atoms with Crippen LogP contribution in [0.3, 0.4) is 0 Å². The number of aliphatic hydroxyl groups is 1. The van der Waals surface area contributed by atoms with Crippen LogP contribution in [0.5, 0.6) is 0 Å². The highest BCUT2D eigenvalue weighted by Crippen LogP contribution is 2.44. The third-order valence-corrected chi connectivity index (χ3v) is 4.99. The van der Waals surface area contributed by atoms with Crippen LogP contribution in [0, 0.1) is 11.3 Å². The Morgan fingerprint density at radius 3 is 3.00 bits per heavy atom. The number of hydrogen-bond donors (Lipinski definition) is 2. The third kappa shape index (κ3) is 2.37. The van der Waals surface area contributed by atoms with Crippen molar-refractivity contribution in [3.8, 4) is 6.07 Å². The Kier molecular flexibility index (Phi) is 3.82. The van der Waals surface area contributed by atoms with Crippen molar-refractivity contribution in [2.75, 3.05) is 30.0 Å². The lowest BCUT2D eigenvalue weighted by Crippen LogP contribution is -2.38. The molecular formula is C11H15N3OS2. The summed E-state index contributed by atoms with van der Waals surface area (Å²) < 4.78 is 0. The highest BCUT2D eigenvalue weighted by Gasteiger charge is 2.24. The van der Waals surface area contributed by atoms with E-state index in [-0.39, 0.29) is 6.10 Å². The summed E-state index contributed by atoms with van der Waals surface area (Å²) in [4.78, 5) is 3.69. The fourth-order valence-electron chi connectivity index (χ4n) is 2.04. The maximum absolute atomic E-state index is 9.70. The minimum atomic E-state index is -0.271. The first-order valence-corrected chi connectivity index (χ1v) is 7.50. The molecule has 1 aromatic rings. The average Bonchev–Trinajstić information content (AvgIpc) is 2.65. The van der Waals surface area contributed by atoms with Gasteiger partial charge in [-0.15, -0.1) is 23.1 Å². The second-order valence-corrected chi connectivity index (χ2v) is 5.85. The molecule has 4 nitrogen and oxygen atoms in total. The van der Waals surface area contributed by atoms with E-state index >= 15 is 0 Å². The molecular weight excluding hydrogens is 254 g/mol. The van der Waals surface area contributed by atoms with Crippen molar-refractivity contribution >= 4 is 33.8 Å². The molecule has 0 amide bonds. The van der Waals surface area contributed by atoms with Crippen molar-refractivity contribution in [3.63, 3.8) is 0 Å². The number of thioether (sulfide) groups is 1. The molecule has 0 aromatic carbocycles. The summed E-state index contributed by atoms with van der Waals surface area (Å²) in [5, 5.41) is 19.7. The lowest BCUT2D eigenvalue weighted by Gasteiger charge is -2.31. The first-order chi connectivity index (χ1) is 8.17. The van der Waals surface area contributed by atoms with Crippen LogP contribution in [0.25, 0.3) is 0 Å². The van der Waals surface area contributed by atoms with E-state index in [0.29, 0.717) is 17.1 Å². The molecule has 17 heavy (non-hydrogen) atoms. The van der Waals surface area contributed by atoms with E-state index < -0.39 is 0 Å². The number of thiophene rings is 1. The van der Waals surface area contributed by atoms with Crippen LogP contribution < -0.4 is 10.6 Å². The summed E-state index contributed by atoms with van der Waals surface area (Å²) in [6.45, 7) is 1.56. The van der Waals surface area contributed by atoms with Crippen LogP contribution in [0.1, 0.15) is 17.7 Å². The number of piperidine rings is 1. The largest absolute Gasteiger partial charge is 0.396 e. The van der Waals surface area contributed by atoms with E-state index in [1.807, 2.05) is 6.26 Å². The zero-order chi connectivity index (χ0) is 12.4. The molecule has 92 valence electrons. The number of nitrogen functional groups attached to an aromatic ring is 1. The SMILES string of the molecule is CSc1c(N2CCCC(O)C2)sc(C#N)c1N. The number of rotatable bonds is 2. The molecule has 6 heteroatoms. The second-order valence-electron chi connectivity index (χ2n) is 4.04. The lowest BCUT2D eigenvalue weighted by atomic mass is 10.1. The van der Waals surface area contributed by atoms with E-state index in [4.69, 9.17) is 11.0 Å². The van der Waals surface area contributed by atoms with Gasteiger partial charge in [0, 0.05) is 13.1 Å². The van der Waals surface area contributed by atoms with Gasteiger partial charge in [-0.3, -0.25) is 0 Å². The normalized spacial score (nSPS) is 20.3. The Morgan fingerprint density at radius 1 is 1.65 bits per heavy atom. The Morgan fingerprint density at radius 2 is 2.41 bits per heavy atom. The first-order valence-electron chi connectivity index (χ1n) is 5.46. The van der Waals surface area contributed by atoms with Crippen LogP contribution in [-0.2, 0) is 0 Å². The molecule has 1 unspecified atom stereocenters. The van der Waals surface area contributed by atoms with Gasteiger partial charge in [-0.25, -0.2) is 0 Å². The van der Waals surface area contributed by atoms with Gasteiger partial charge in [-0.2, -0.15) is 5.26 Å². The van der Waals surface area contributed by atoms with Crippen LogP contribution >= 0.6 is 23.1 Å². The second kappa shape index (κ2) is 5.17. The Balaban J connectivity index is 2.34. The monoisotopic (exact) mass is 269 g/mol. The number of hydrogen-bond acceptors (Lipinski definition) is 6. The number of nitrogens with zero attached hydrogens (tertiary/aromatic N) is 2. The number of nitriles is 1. The van der Waals surface area contributed by atoms with E-state index in [0.717, 1.165) is 29.3 Å². The summed E-state index contributed by atoms with van der Waals surface area (Å²) in [6, 6.07) is 2.13. The average molecular weight is 269 g/mol. The van der Waals surface area contributed by atoms with Crippen molar-refractivity contribution in [2.45, 2.75) is 23.8 Å². The predicted molar refractivity (Wildman–Crippen MR) is 72.7 cm³/mol. The number of nitrogens with two attached hydrogens (primary N) is 1. The van der Waals surface area contributed by atoms with E-state index in [9.17, 15) is 5.11 Å². The fraction of sp³-hybridized carbons (Fsp3) is 0.545. The fourth-order valence-corrected chi connectivity index (χ4v) is 4.06. The summed E-state index contributed by atoms with van der Waals surface area (Å²) in [5.74, 6) is 0. The topological polar surface area (TPSA) is 73.3 Å². The zero-order valence-corrected chi connectivity index (χ0v) is 11.3. The van der Waals surface area contributed by atoms with Gasteiger partial charge in [0.2, 0.25) is 0 Å². The maximum Gasteiger partial charge on any atom is 0.131 e. The van der Waals surface area contributed by atoms with Crippen molar-refractivity contribution in [2.24, 2.45) is 0 Å². The highest BCUT2D eigenvalue weighted by molar-refractivity contribution is 7.99. The van der Waals surface area contributed by atoms with Gasteiger partial charge >= 0.3 is 0 Å². The molecule has 1 aromatic heterocycles. The minimum absolute atomic E-state index is 0.271. The van der Waals surface area contributed by atoms with Gasteiger partial charge in [0.1, 0.15) is 15.9 Å². The summed E-state index contributed by atoms with van der Waals surface area (Å²) in [7, 11) is 0. The van der Waals surface area contributed by atoms with Crippen LogP contribution in [0.4, 0.5) is 10.7 Å². The number of β-amino-alcohol motifs (C(OH)–C–C–N with tert-alkyl or cyclic N) is 1. The first kappa shape index (κ1) is 12.6. The Bertz CT molecular complexity index is 452. The van der Waals surface area contributed by atoms with Crippen LogP contribution in [0.15, 0.2) is 4.90 Å². The number of aliphatic hydroxyl groups excluding tert-OH is 1. The maximum atomic E-state index is 9.70. The van der Waals surface area contributed by atoms with Crippen molar-refractivity contribution < 1.29 is 5.11 Å². The van der Waals surface area contributed by atoms with Gasteiger partial charge in [0.25, 0.3) is 0 Å². The van der Waals surface area contributed by atoms with Gasteiger partial charge in [0.05, 0.1) is 16.7 Å². The van der Waals surface area contributed by atoms with Gasteiger partial charge in [-0.1, -0.05) is 0 Å². The number of anilines is 2. The molecule has 0 saturated carbocycles. The zero-order valence-electron chi connectivity index (χ0n) is 9.64. The third-order valence-electron chi connectivity index (χ3n) is 2.87. The van der Waals surface area contributed by atoms with Gasteiger partial charge in [0.15, 0.2) is 0 Å². The van der Waals surface area contributed by atoms with Crippen LogP contribution in [-0.4, -0.2) is 30.6 Å². The molecule has 1 aliphatic heterocycles. The Labute approximate surface area is 109 Å². The predicted octanol–water partition coefficient (Wildman–Crippen LogP) is 1.88. The molecule has 0 aliphatic carbocycles. The molecule has 1 fully saturated rings. The summed E-state index contributed by atoms with van der Waals surface area (Å²) in [5.41, 5.74) is 6.53. The smallest absolute Gasteiger partial charge is 0.131 e. The van der Waals surface area contributed by atoms with Crippen molar-refractivity contribution in [1.29, 1.82) is 5.26 Å². The Hall–Kier alpha value is -0.900. The lowest BCUT2D eigenvalue weighted by molar-refractivity contribution is 0.154. The quantitative estimate of drug-likeness (QED) is 0.802. The van der Waals surface area contributed by atoms with Crippen molar-refractivity contribution in [3.05, 3.63) is 4.88 Å². The van der Waals surface area contributed by atoms with Crippen molar-refractivity contribution in [1.82, 2.24) is 0 Å². The molecule has 0 radical (unpaired) electrons. The summed E-state index contributed by atoms with van der Waals surface area (Å²) >= 11 is 2.99. The van der Waals surface area contributed by atoms with Crippen LogP contribution in [0.2, 0.25) is 0 Å². The molecule has 1 saturated heterocycles. The summed E-state index contributed by atoms with van der Waals surface area (Å²) in [6.07, 6.45) is 3.53. The van der Waals surface area contributed by atoms with E-state index in [2.05, 4.69) is 11.0 Å². The molecule has 0 bridgehead atoms. The standard InChI is InChI=1S/C11H15N3OS2/c1-16-10-9(13)8(5-12)17-11(10)14-4-2-3-7(15)6-14/h7,15H,2-4,6,13H2,1H3. The molecule has 2 heterocycles. The molecule has 1 aliphatic rings. The molecule has 3 N–H and O–H groups in total. The van der Waals surface area contributed by atoms with Gasteiger partial charge in [-0.05, 0) is 19.1 Å².